The summed E-state index contributed by atoms with van der Waals surface area (Å²) in [6.45, 7) is 0.315. The van der Waals surface area contributed by atoms with Crippen LogP contribution in [0.3, 0.4) is 0 Å². The summed E-state index contributed by atoms with van der Waals surface area (Å²) in [5.74, 6) is -0.565. The molecule has 0 fully saturated rings. The normalized spacial score (nSPS) is 11.3. The number of para-hydroxylation sites is 1. The summed E-state index contributed by atoms with van der Waals surface area (Å²) in [6.07, 6.45) is -3.52. The summed E-state index contributed by atoms with van der Waals surface area (Å²) >= 11 is 5.88. The Kier molecular flexibility index (Phi) is 8.86. The van der Waals surface area contributed by atoms with Crippen molar-refractivity contribution in [3.8, 4) is 5.75 Å². The molecule has 10 heteroatoms. The van der Waals surface area contributed by atoms with E-state index in [1.54, 1.807) is 36.4 Å². The summed E-state index contributed by atoms with van der Waals surface area (Å²) < 4.78 is 44.1. The second-order valence-electron chi connectivity index (χ2n) is 7.37. The molecule has 0 unspecified atom stereocenters. The van der Waals surface area contributed by atoms with Crippen molar-refractivity contribution in [1.29, 1.82) is 0 Å². The number of hydrogen-bond acceptors (Lipinski definition) is 4. The fourth-order valence-corrected chi connectivity index (χ4v) is 3.04. The van der Waals surface area contributed by atoms with Crippen molar-refractivity contribution in [2.45, 2.75) is 25.6 Å². The Morgan fingerprint density at radius 1 is 0.943 bits per heavy atom. The Labute approximate surface area is 204 Å². The minimum Gasteiger partial charge on any atom is -0.488 e. The number of hydrazone groups is 1. The van der Waals surface area contributed by atoms with Gasteiger partial charge in [-0.25, -0.2) is 5.43 Å². The van der Waals surface area contributed by atoms with Crippen molar-refractivity contribution in [2.75, 3.05) is 5.32 Å². The summed E-state index contributed by atoms with van der Waals surface area (Å²) in [4.78, 5) is 24.0. The van der Waals surface area contributed by atoms with Gasteiger partial charge in [0.15, 0.2) is 0 Å². The zero-order chi connectivity index (χ0) is 25.3. The van der Waals surface area contributed by atoms with E-state index in [1.807, 2.05) is 12.1 Å². The van der Waals surface area contributed by atoms with Gasteiger partial charge < -0.3 is 10.1 Å². The van der Waals surface area contributed by atoms with E-state index in [9.17, 15) is 22.8 Å². The second-order valence-corrected chi connectivity index (χ2v) is 7.81. The van der Waals surface area contributed by atoms with E-state index in [2.05, 4.69) is 15.8 Å². The Balaban J connectivity index is 1.46. The molecule has 0 spiro atoms. The van der Waals surface area contributed by atoms with E-state index >= 15 is 0 Å². The van der Waals surface area contributed by atoms with E-state index in [-0.39, 0.29) is 18.5 Å². The predicted octanol–water partition coefficient (Wildman–Crippen LogP) is 5.81. The molecule has 6 nitrogen and oxygen atoms in total. The molecule has 2 amide bonds. The van der Waals surface area contributed by atoms with Gasteiger partial charge >= 0.3 is 6.18 Å². The first kappa shape index (κ1) is 25.8. The van der Waals surface area contributed by atoms with Crippen LogP contribution >= 0.6 is 11.6 Å². The minimum absolute atomic E-state index is 0.00142. The number of hydrogen-bond donors (Lipinski definition) is 2. The first-order valence-corrected chi connectivity index (χ1v) is 10.8. The van der Waals surface area contributed by atoms with Gasteiger partial charge in [0.25, 0.3) is 0 Å². The van der Waals surface area contributed by atoms with Crippen molar-refractivity contribution in [3.05, 3.63) is 94.5 Å². The van der Waals surface area contributed by atoms with Crippen molar-refractivity contribution in [2.24, 2.45) is 5.10 Å². The fourth-order valence-electron chi connectivity index (χ4n) is 2.91. The largest absolute Gasteiger partial charge is 0.488 e. The van der Waals surface area contributed by atoms with Crippen LogP contribution in [0.15, 0.2) is 77.9 Å². The second kappa shape index (κ2) is 12.0. The number of carbonyl (C=O) groups is 2. The molecule has 0 aliphatic heterocycles. The summed E-state index contributed by atoms with van der Waals surface area (Å²) in [5.41, 5.74) is 3.00. The van der Waals surface area contributed by atoms with E-state index in [0.717, 1.165) is 17.7 Å². The Morgan fingerprint density at radius 2 is 1.66 bits per heavy atom. The van der Waals surface area contributed by atoms with Crippen LogP contribution in [0.5, 0.6) is 5.75 Å². The molecule has 2 N–H and O–H groups in total. The van der Waals surface area contributed by atoms with Crippen molar-refractivity contribution >= 4 is 35.3 Å². The highest BCUT2D eigenvalue weighted by atomic mass is 35.5. The van der Waals surface area contributed by atoms with Crippen LogP contribution in [-0.4, -0.2) is 18.0 Å². The van der Waals surface area contributed by atoms with Crippen LogP contribution < -0.4 is 15.5 Å². The third kappa shape index (κ3) is 8.46. The molecule has 0 saturated heterocycles. The molecule has 0 aliphatic rings. The lowest BCUT2D eigenvalue weighted by molar-refractivity contribution is -0.137. The quantitative estimate of drug-likeness (QED) is 0.286. The van der Waals surface area contributed by atoms with Crippen LogP contribution in [0.4, 0.5) is 18.9 Å². The number of nitrogens with zero attached hydrogens (tertiary/aromatic N) is 1. The van der Waals surface area contributed by atoms with E-state index in [1.165, 1.54) is 18.3 Å². The van der Waals surface area contributed by atoms with Gasteiger partial charge in [-0.1, -0.05) is 41.9 Å². The highest BCUT2D eigenvalue weighted by molar-refractivity contribution is 6.30. The third-order valence-corrected chi connectivity index (χ3v) is 4.92. The molecule has 35 heavy (non-hydrogen) atoms. The monoisotopic (exact) mass is 503 g/mol. The lowest BCUT2D eigenvalue weighted by Gasteiger charge is -2.10. The number of carbonyl (C=O) groups excluding carboxylic acids is 2. The van der Waals surface area contributed by atoms with E-state index in [4.69, 9.17) is 16.3 Å². The summed E-state index contributed by atoms with van der Waals surface area (Å²) in [7, 11) is 0. The smallest absolute Gasteiger partial charge is 0.416 e. The molecule has 182 valence electrons. The van der Waals surface area contributed by atoms with Gasteiger partial charge in [0, 0.05) is 29.1 Å². The maximum atomic E-state index is 12.8. The van der Waals surface area contributed by atoms with E-state index in [0.29, 0.717) is 22.9 Å². The molecule has 3 aromatic carbocycles. The molecular weight excluding hydrogens is 483 g/mol. The molecule has 0 atom stereocenters. The lowest BCUT2D eigenvalue weighted by Crippen LogP contribution is -2.20. The first-order valence-electron chi connectivity index (χ1n) is 10.5. The van der Waals surface area contributed by atoms with Gasteiger partial charge in [0.05, 0.1) is 11.8 Å². The van der Waals surface area contributed by atoms with Crippen LogP contribution in [0, 0.1) is 0 Å². The number of alkyl halides is 3. The van der Waals surface area contributed by atoms with Gasteiger partial charge in [-0.2, -0.15) is 18.3 Å². The maximum absolute atomic E-state index is 12.8. The molecule has 0 bridgehead atoms. The average molecular weight is 504 g/mol. The van der Waals surface area contributed by atoms with Crippen molar-refractivity contribution in [1.82, 2.24) is 5.43 Å². The summed E-state index contributed by atoms with van der Waals surface area (Å²) in [6, 6.07) is 18.6. The van der Waals surface area contributed by atoms with E-state index < -0.39 is 23.6 Å². The molecule has 0 aliphatic carbocycles. The predicted molar refractivity (Wildman–Crippen MR) is 127 cm³/mol. The number of amides is 2. The Morgan fingerprint density at radius 3 is 2.40 bits per heavy atom. The zero-order valence-electron chi connectivity index (χ0n) is 18.3. The first-order chi connectivity index (χ1) is 16.7. The van der Waals surface area contributed by atoms with Gasteiger partial charge in [-0.3, -0.25) is 9.59 Å². The van der Waals surface area contributed by atoms with Crippen LogP contribution in [0.25, 0.3) is 0 Å². The van der Waals surface area contributed by atoms with Crippen LogP contribution in [0.1, 0.15) is 29.5 Å². The molecular formula is C25H21ClF3N3O3. The van der Waals surface area contributed by atoms with Crippen LogP contribution in [0.2, 0.25) is 5.02 Å². The maximum Gasteiger partial charge on any atom is 0.416 e. The lowest BCUT2D eigenvalue weighted by atomic mass is 10.2. The number of nitrogens with one attached hydrogen (secondary N) is 2. The minimum atomic E-state index is -4.52. The van der Waals surface area contributed by atoms with Crippen molar-refractivity contribution in [3.63, 3.8) is 0 Å². The molecule has 3 aromatic rings. The van der Waals surface area contributed by atoms with Gasteiger partial charge in [-0.15, -0.1) is 0 Å². The molecule has 0 heterocycles. The van der Waals surface area contributed by atoms with Gasteiger partial charge in [0.2, 0.25) is 11.8 Å². The number of ether oxygens (including phenoxy) is 1. The van der Waals surface area contributed by atoms with Gasteiger partial charge in [0.1, 0.15) is 12.4 Å². The highest BCUT2D eigenvalue weighted by Gasteiger charge is 2.30. The number of rotatable bonds is 9. The number of benzene rings is 3. The number of anilines is 1. The number of halogens is 4. The average Bonchev–Trinajstić information content (AvgIpc) is 2.83. The highest BCUT2D eigenvalue weighted by Crippen LogP contribution is 2.30. The standard InChI is InChI=1S/C25H21ClF3N3O3/c26-20-10-8-17(9-11-20)16-35-22-7-2-1-4-18(22)15-30-32-24(34)13-12-23(33)31-21-6-3-5-19(14-21)25(27,28)29/h1-11,14-15H,12-13,16H2,(H,31,33)(H,32,34). The van der Waals surface area contributed by atoms with Crippen molar-refractivity contribution < 1.29 is 27.5 Å². The zero-order valence-corrected chi connectivity index (χ0v) is 19.1. The molecule has 0 saturated carbocycles. The Hall–Kier alpha value is -3.85. The topological polar surface area (TPSA) is 79.8 Å². The third-order valence-electron chi connectivity index (χ3n) is 4.67. The van der Waals surface area contributed by atoms with Crippen LogP contribution in [-0.2, 0) is 22.4 Å². The molecule has 0 radical (unpaired) electrons. The SMILES string of the molecule is O=C(CCC(=O)Nc1cccc(C(F)(F)F)c1)NN=Cc1ccccc1OCc1ccc(Cl)cc1. The van der Waals surface area contributed by atoms with Gasteiger partial charge in [-0.05, 0) is 48.0 Å². The molecule has 0 aromatic heterocycles. The molecule has 3 rings (SSSR count). The summed E-state index contributed by atoms with van der Waals surface area (Å²) in [5, 5.41) is 6.87. The Bertz CT molecular complexity index is 1200. The fraction of sp³-hybridized carbons (Fsp3) is 0.160.